The lowest BCUT2D eigenvalue weighted by molar-refractivity contribution is -0.113. The van der Waals surface area contributed by atoms with E-state index in [1.54, 1.807) is 0 Å². The van der Waals surface area contributed by atoms with Crippen molar-refractivity contribution in [3.8, 4) is 11.3 Å². The number of nitrogens with zero attached hydrogens (tertiary/aromatic N) is 7. The first-order valence-electron chi connectivity index (χ1n) is 12.5. The third-order valence-electron chi connectivity index (χ3n) is 7.05. The second-order valence-electron chi connectivity index (χ2n) is 9.26. The van der Waals surface area contributed by atoms with Crippen LogP contribution in [0.15, 0.2) is 46.4 Å². The van der Waals surface area contributed by atoms with E-state index in [-0.39, 0.29) is 5.91 Å². The fraction of sp³-hybridized carbons (Fsp3) is 0.385. The molecule has 186 valence electrons. The third-order valence-corrected chi connectivity index (χ3v) is 8.40. The number of fused-ring (bicyclic) bond motifs is 1. The van der Waals surface area contributed by atoms with Crippen molar-refractivity contribution in [3.05, 3.63) is 52.2 Å². The molecule has 6 rings (SSSR count). The van der Waals surface area contributed by atoms with Crippen LogP contribution in [0.25, 0.3) is 23.0 Å². The van der Waals surface area contributed by atoms with Crippen molar-refractivity contribution >= 4 is 51.8 Å². The number of anilines is 1. The number of rotatable bonds is 4. The Kier molecular flexibility index (Phi) is 6.45. The Morgan fingerprint density at radius 1 is 1.03 bits per heavy atom. The topological polar surface area (TPSA) is 69.3 Å². The maximum atomic E-state index is 12.5. The molecule has 1 amide bonds. The molecule has 2 saturated heterocycles. The van der Waals surface area contributed by atoms with Gasteiger partial charge in [0.15, 0.2) is 10.8 Å². The molecule has 2 aromatic heterocycles. The number of likely N-dealkylation sites (N-methyl/N-ethyl adjacent to an activating group) is 1. The quantitative estimate of drug-likeness (QED) is 0.475. The maximum absolute atomic E-state index is 12.5. The van der Waals surface area contributed by atoms with E-state index in [4.69, 9.17) is 16.7 Å². The molecule has 2 fully saturated rings. The largest absolute Gasteiger partial charge is 0.368 e. The summed E-state index contributed by atoms with van der Waals surface area (Å²) in [4.78, 5) is 28.9. The fourth-order valence-corrected chi connectivity index (χ4v) is 6.21. The van der Waals surface area contributed by atoms with E-state index in [9.17, 15) is 4.79 Å². The Morgan fingerprint density at radius 2 is 1.83 bits per heavy atom. The molecule has 0 atom stereocenters. The van der Waals surface area contributed by atoms with Crippen LogP contribution in [0.3, 0.4) is 0 Å². The molecule has 10 heteroatoms. The van der Waals surface area contributed by atoms with E-state index in [0.29, 0.717) is 10.6 Å². The summed E-state index contributed by atoms with van der Waals surface area (Å²) in [5.74, 6) is -0.197. The second kappa shape index (κ2) is 9.88. The van der Waals surface area contributed by atoms with Crippen LogP contribution < -0.4 is 4.90 Å². The molecule has 0 spiro atoms. The lowest BCUT2D eigenvalue weighted by Gasteiger charge is -2.36. The predicted molar refractivity (Wildman–Crippen MR) is 147 cm³/mol. The van der Waals surface area contributed by atoms with Crippen molar-refractivity contribution in [1.29, 1.82) is 0 Å². The summed E-state index contributed by atoms with van der Waals surface area (Å²) >= 11 is 8.19. The highest BCUT2D eigenvalue weighted by molar-refractivity contribution is 8.18. The summed E-state index contributed by atoms with van der Waals surface area (Å²) in [6.07, 6.45) is 5.92. The number of aromatic nitrogens is 3. The molecule has 5 heterocycles. The van der Waals surface area contributed by atoms with Crippen molar-refractivity contribution in [1.82, 2.24) is 24.4 Å². The number of amides is 1. The van der Waals surface area contributed by atoms with Gasteiger partial charge < -0.3 is 14.7 Å². The van der Waals surface area contributed by atoms with Gasteiger partial charge in [0.2, 0.25) is 0 Å². The van der Waals surface area contributed by atoms with Gasteiger partial charge in [0.25, 0.3) is 5.91 Å². The third kappa shape index (κ3) is 4.51. The molecule has 0 N–H and O–H groups in total. The van der Waals surface area contributed by atoms with E-state index in [0.717, 1.165) is 91.4 Å². The first-order valence-corrected chi connectivity index (χ1v) is 13.7. The van der Waals surface area contributed by atoms with Gasteiger partial charge in [-0.1, -0.05) is 24.6 Å². The van der Waals surface area contributed by atoms with Gasteiger partial charge in [-0.05, 0) is 61.5 Å². The van der Waals surface area contributed by atoms with E-state index in [1.807, 2.05) is 35.0 Å². The molecule has 3 aromatic rings. The minimum atomic E-state index is -0.197. The number of halogens is 1. The van der Waals surface area contributed by atoms with Crippen LogP contribution in [0, 0.1) is 0 Å². The zero-order valence-corrected chi connectivity index (χ0v) is 21.8. The van der Waals surface area contributed by atoms with Gasteiger partial charge in [-0.15, -0.1) is 0 Å². The van der Waals surface area contributed by atoms with Crippen LogP contribution in [0.2, 0.25) is 5.02 Å². The van der Waals surface area contributed by atoms with Crippen molar-refractivity contribution in [2.45, 2.75) is 19.8 Å². The van der Waals surface area contributed by atoms with Gasteiger partial charge in [-0.25, -0.2) is 9.50 Å². The van der Waals surface area contributed by atoms with Gasteiger partial charge >= 0.3 is 0 Å². The Morgan fingerprint density at radius 3 is 2.58 bits per heavy atom. The number of carbonyl (C=O) groups excluding carboxylic acids is 1. The lowest BCUT2D eigenvalue weighted by Crippen LogP contribution is -2.46. The fourth-order valence-electron chi connectivity index (χ4n) is 4.96. The summed E-state index contributed by atoms with van der Waals surface area (Å²) in [5, 5.41) is 6.31. The van der Waals surface area contributed by atoms with Gasteiger partial charge in [0.1, 0.15) is 0 Å². The molecule has 1 aromatic carbocycles. The summed E-state index contributed by atoms with van der Waals surface area (Å²) in [5.41, 5.74) is 4.30. The molecule has 0 saturated carbocycles. The first kappa shape index (κ1) is 23.5. The van der Waals surface area contributed by atoms with Crippen LogP contribution in [0.1, 0.15) is 25.5 Å². The van der Waals surface area contributed by atoms with Crippen LogP contribution in [-0.4, -0.2) is 81.3 Å². The van der Waals surface area contributed by atoms with Crippen LogP contribution in [0.5, 0.6) is 0 Å². The number of carbonyl (C=O) groups is 1. The lowest BCUT2D eigenvalue weighted by atomic mass is 10.1. The Hall–Kier alpha value is -2.88. The number of likely N-dealkylation sites (tertiary alicyclic amines) is 1. The molecule has 3 aliphatic rings. The smallest absolute Gasteiger partial charge is 0.286 e. The average molecular weight is 522 g/mol. The zero-order chi connectivity index (χ0) is 24.6. The van der Waals surface area contributed by atoms with Crippen molar-refractivity contribution in [3.63, 3.8) is 0 Å². The van der Waals surface area contributed by atoms with E-state index in [2.05, 4.69) is 43.7 Å². The minimum absolute atomic E-state index is 0.197. The van der Waals surface area contributed by atoms with E-state index >= 15 is 0 Å². The van der Waals surface area contributed by atoms with E-state index in [1.165, 1.54) is 11.8 Å². The summed E-state index contributed by atoms with van der Waals surface area (Å²) in [7, 11) is 0. The Bertz CT molecular complexity index is 1370. The Labute approximate surface area is 219 Å². The van der Waals surface area contributed by atoms with Crippen LogP contribution in [-0.2, 0) is 4.79 Å². The standard InChI is InChI=1S/C26H28ClN7OS/c1-2-31-11-13-32(14-12-31)21-7-5-18(15-20(21)27)22-17-28-24-8-6-19(30-34(22)24)16-23-25(35)29-26(36-23)33-9-3-4-10-33/h5-8,15-17H,2-4,9-14H2,1H3. The molecule has 0 unspecified atom stereocenters. The molecular formula is C26H28ClN7OS. The molecular weight excluding hydrogens is 494 g/mol. The number of thioether (sulfide) groups is 1. The molecule has 8 nitrogen and oxygen atoms in total. The predicted octanol–water partition coefficient (Wildman–Crippen LogP) is 4.26. The normalized spacial score (nSPS) is 20.2. The number of hydrogen-bond acceptors (Lipinski definition) is 7. The molecule has 0 bridgehead atoms. The van der Waals surface area contributed by atoms with Crippen LogP contribution >= 0.6 is 23.4 Å². The van der Waals surface area contributed by atoms with Gasteiger partial charge in [-0.3, -0.25) is 4.79 Å². The van der Waals surface area contributed by atoms with Crippen molar-refractivity contribution in [2.24, 2.45) is 4.99 Å². The molecule has 36 heavy (non-hydrogen) atoms. The highest BCUT2D eigenvalue weighted by Gasteiger charge is 2.28. The zero-order valence-electron chi connectivity index (χ0n) is 20.2. The van der Waals surface area contributed by atoms with Gasteiger partial charge in [0, 0.05) is 44.8 Å². The molecule has 0 aliphatic carbocycles. The van der Waals surface area contributed by atoms with Gasteiger partial charge in [-0.2, -0.15) is 10.1 Å². The highest BCUT2D eigenvalue weighted by atomic mass is 35.5. The summed E-state index contributed by atoms with van der Waals surface area (Å²) in [6, 6.07) is 9.96. The monoisotopic (exact) mass is 521 g/mol. The number of hydrogen-bond donors (Lipinski definition) is 0. The van der Waals surface area contributed by atoms with E-state index < -0.39 is 0 Å². The Balaban J connectivity index is 1.25. The molecule has 0 radical (unpaired) electrons. The molecule has 3 aliphatic heterocycles. The van der Waals surface area contributed by atoms with Crippen molar-refractivity contribution < 1.29 is 4.79 Å². The van der Waals surface area contributed by atoms with Crippen LogP contribution in [0.4, 0.5) is 5.69 Å². The summed E-state index contributed by atoms with van der Waals surface area (Å²) in [6.45, 7) is 9.26. The average Bonchev–Trinajstić information content (AvgIpc) is 3.65. The second-order valence-corrected chi connectivity index (χ2v) is 10.7. The number of piperazine rings is 1. The number of benzene rings is 1. The minimum Gasteiger partial charge on any atom is -0.368 e. The highest BCUT2D eigenvalue weighted by Crippen LogP contribution is 2.33. The number of amidine groups is 1. The van der Waals surface area contributed by atoms with Gasteiger partial charge in [0.05, 0.1) is 33.2 Å². The maximum Gasteiger partial charge on any atom is 0.286 e. The SMILES string of the molecule is CCN1CCN(c2ccc(-c3cnc4ccc(C=C5SC(N6CCCC6)=NC5=O)nn34)cc2Cl)CC1. The number of imidazole rings is 1. The number of aliphatic imine (C=N–C) groups is 1. The first-order chi connectivity index (χ1) is 17.6. The summed E-state index contributed by atoms with van der Waals surface area (Å²) < 4.78 is 1.81. The van der Waals surface area contributed by atoms with Crippen molar-refractivity contribution in [2.75, 3.05) is 50.7 Å².